The van der Waals surface area contributed by atoms with Crippen molar-refractivity contribution in [1.29, 1.82) is 5.26 Å². The average Bonchev–Trinajstić information content (AvgIpc) is 3.46. The molecule has 2 aliphatic heterocycles. The average molecular weight is 555 g/mol. The van der Waals surface area contributed by atoms with Crippen molar-refractivity contribution in [2.45, 2.75) is 90.2 Å². The molecule has 11 heteroatoms. The molecule has 2 fully saturated rings. The molecular formula is C29H42N6O5. The lowest BCUT2D eigenvalue weighted by Crippen LogP contribution is -2.59. The van der Waals surface area contributed by atoms with Crippen LogP contribution in [-0.2, 0) is 14.3 Å². The highest BCUT2D eigenvalue weighted by Crippen LogP contribution is 2.38. The number of hydrogen-bond donors (Lipinski definition) is 2. The quantitative estimate of drug-likeness (QED) is 0.454. The van der Waals surface area contributed by atoms with Crippen LogP contribution in [0.2, 0.25) is 0 Å². The zero-order valence-corrected chi connectivity index (χ0v) is 24.6. The number of ether oxygens (including phenoxy) is 1. The number of fused-ring (bicyclic) bond motifs is 2. The summed E-state index contributed by atoms with van der Waals surface area (Å²) in [6.45, 7) is 11.8. The van der Waals surface area contributed by atoms with Crippen molar-refractivity contribution in [1.82, 2.24) is 25.3 Å². The monoisotopic (exact) mass is 554 g/mol. The lowest BCUT2D eigenvalue weighted by molar-refractivity contribution is -0.141. The van der Waals surface area contributed by atoms with Crippen molar-refractivity contribution in [3.05, 3.63) is 35.4 Å². The van der Waals surface area contributed by atoms with Gasteiger partial charge in [0.15, 0.2) is 0 Å². The summed E-state index contributed by atoms with van der Waals surface area (Å²) in [4.78, 5) is 57.0. The Morgan fingerprint density at radius 1 is 1.20 bits per heavy atom. The molecule has 2 bridgehead atoms. The third-order valence-corrected chi connectivity index (χ3v) is 7.42. The summed E-state index contributed by atoms with van der Waals surface area (Å²) in [7, 11) is 1.58. The van der Waals surface area contributed by atoms with Crippen molar-refractivity contribution in [2.75, 3.05) is 26.7 Å². The molecule has 2 N–H and O–H groups in total. The summed E-state index contributed by atoms with van der Waals surface area (Å²) < 4.78 is 5.42. The Morgan fingerprint density at radius 3 is 2.38 bits per heavy atom. The minimum atomic E-state index is -0.979. The highest BCUT2D eigenvalue weighted by molar-refractivity contribution is 5.94. The number of alkyl carbamates (subject to hydrolysis) is 1. The molecule has 0 radical (unpaired) electrons. The van der Waals surface area contributed by atoms with E-state index < -0.39 is 29.8 Å². The highest BCUT2D eigenvalue weighted by atomic mass is 16.6. The van der Waals surface area contributed by atoms with Crippen LogP contribution in [0.25, 0.3) is 0 Å². The molecule has 0 aliphatic carbocycles. The van der Waals surface area contributed by atoms with Crippen LogP contribution in [0.5, 0.6) is 0 Å². The number of carbonyl (C=O) groups excluding carboxylic acids is 4. The van der Waals surface area contributed by atoms with Gasteiger partial charge in [0, 0.05) is 38.3 Å². The fraction of sp³-hybridized carbons (Fsp3) is 0.621. The number of likely N-dealkylation sites (tertiary alicyclic amines) is 2. The first kappa shape index (κ1) is 30.9. The molecule has 0 aromatic heterocycles. The molecule has 1 aromatic rings. The lowest BCUT2D eigenvalue weighted by Gasteiger charge is -2.39. The van der Waals surface area contributed by atoms with E-state index >= 15 is 0 Å². The summed E-state index contributed by atoms with van der Waals surface area (Å²) in [6.07, 6.45) is 0.555. The minimum absolute atomic E-state index is 0.0293. The first-order chi connectivity index (χ1) is 18.8. The van der Waals surface area contributed by atoms with Crippen LogP contribution in [0, 0.1) is 11.3 Å². The predicted octanol–water partition coefficient (Wildman–Crippen LogP) is 2.44. The van der Waals surface area contributed by atoms with E-state index in [0.29, 0.717) is 31.5 Å². The van der Waals surface area contributed by atoms with Gasteiger partial charge in [0.05, 0.1) is 18.2 Å². The maximum atomic E-state index is 13.6. The molecule has 0 saturated carbocycles. The highest BCUT2D eigenvalue weighted by Gasteiger charge is 2.52. The number of benzene rings is 1. The normalized spacial score (nSPS) is 20.9. The SMILES string of the molecule is CCCN(C(=O)C(CN1C[C@@H]2CC1C(=O)N2[C@@H](C)c1ccc(C(=O)NC)cc1)NC(=O)OC(C)(C)C)C(C)C#N. The van der Waals surface area contributed by atoms with Gasteiger partial charge in [0.1, 0.15) is 17.7 Å². The van der Waals surface area contributed by atoms with E-state index in [1.807, 2.05) is 35.8 Å². The van der Waals surface area contributed by atoms with E-state index in [2.05, 4.69) is 16.7 Å². The van der Waals surface area contributed by atoms with Crippen LogP contribution in [0.15, 0.2) is 24.3 Å². The third-order valence-electron chi connectivity index (χ3n) is 7.42. The number of hydrogen-bond acceptors (Lipinski definition) is 7. The van der Waals surface area contributed by atoms with Crippen molar-refractivity contribution in [3.63, 3.8) is 0 Å². The Labute approximate surface area is 236 Å². The van der Waals surface area contributed by atoms with E-state index in [-0.39, 0.29) is 36.3 Å². The van der Waals surface area contributed by atoms with Gasteiger partial charge in [-0.1, -0.05) is 19.1 Å². The molecule has 2 aliphatic rings. The Hall–Kier alpha value is -3.65. The van der Waals surface area contributed by atoms with Crippen LogP contribution >= 0.6 is 0 Å². The number of nitrogens with zero attached hydrogens (tertiary/aromatic N) is 4. The molecule has 2 heterocycles. The van der Waals surface area contributed by atoms with E-state index in [1.54, 1.807) is 46.9 Å². The van der Waals surface area contributed by atoms with Crippen LogP contribution in [0.1, 0.15) is 76.3 Å². The van der Waals surface area contributed by atoms with Gasteiger partial charge in [-0.2, -0.15) is 5.26 Å². The first-order valence-electron chi connectivity index (χ1n) is 13.9. The van der Waals surface area contributed by atoms with Crippen molar-refractivity contribution in [3.8, 4) is 6.07 Å². The molecule has 3 rings (SSSR count). The molecule has 218 valence electrons. The first-order valence-corrected chi connectivity index (χ1v) is 13.9. The summed E-state index contributed by atoms with van der Waals surface area (Å²) in [5.74, 6) is -0.575. The summed E-state index contributed by atoms with van der Waals surface area (Å²) in [6, 6.07) is 7.05. The van der Waals surface area contributed by atoms with E-state index in [9.17, 15) is 24.4 Å². The van der Waals surface area contributed by atoms with Crippen molar-refractivity contribution in [2.24, 2.45) is 0 Å². The van der Waals surface area contributed by atoms with Gasteiger partial charge in [-0.25, -0.2) is 4.79 Å². The van der Waals surface area contributed by atoms with Crippen molar-refractivity contribution >= 4 is 23.8 Å². The summed E-state index contributed by atoms with van der Waals surface area (Å²) in [5, 5.41) is 14.8. The Morgan fingerprint density at radius 2 is 1.85 bits per heavy atom. The standard InChI is InChI=1S/C29H42N6O5/c1-8-13-34(18(2)15-30)26(37)23(32-28(39)40-29(4,5)6)17-33-16-22-14-24(33)27(38)35(22)19(3)20-9-11-21(12-10-20)25(36)31-7/h9-12,18-19,22-24H,8,13-14,16-17H2,1-7H3,(H,31,36)(H,32,39)/t18?,19-,22-,23?,24?/m0/s1. The molecule has 3 unspecified atom stereocenters. The molecule has 1 aromatic carbocycles. The molecule has 0 spiro atoms. The van der Waals surface area contributed by atoms with Gasteiger partial charge in [-0.15, -0.1) is 0 Å². The lowest BCUT2D eigenvalue weighted by atomic mass is 10.0. The fourth-order valence-electron chi connectivity index (χ4n) is 5.49. The number of nitrogens with one attached hydrogen (secondary N) is 2. The second kappa shape index (κ2) is 12.7. The molecule has 2 saturated heterocycles. The maximum absolute atomic E-state index is 13.6. The second-order valence-corrected chi connectivity index (χ2v) is 11.5. The Balaban J connectivity index is 1.76. The molecule has 11 nitrogen and oxygen atoms in total. The molecular weight excluding hydrogens is 512 g/mol. The number of nitriles is 1. The maximum Gasteiger partial charge on any atom is 0.408 e. The zero-order chi connectivity index (χ0) is 29.8. The van der Waals surface area contributed by atoms with Gasteiger partial charge >= 0.3 is 6.09 Å². The topological polar surface area (TPSA) is 135 Å². The van der Waals surface area contributed by atoms with Gasteiger partial charge in [-0.05, 0) is 65.2 Å². The van der Waals surface area contributed by atoms with Gasteiger partial charge < -0.3 is 25.2 Å². The largest absolute Gasteiger partial charge is 0.444 e. The number of piperazine rings is 1. The van der Waals surface area contributed by atoms with Crippen molar-refractivity contribution < 1.29 is 23.9 Å². The number of rotatable bonds is 10. The zero-order valence-electron chi connectivity index (χ0n) is 24.6. The fourth-order valence-corrected chi connectivity index (χ4v) is 5.49. The minimum Gasteiger partial charge on any atom is -0.444 e. The second-order valence-electron chi connectivity index (χ2n) is 11.5. The van der Waals surface area contributed by atoms with Crippen LogP contribution in [-0.4, -0.2) is 95.0 Å². The summed E-state index contributed by atoms with van der Waals surface area (Å²) >= 11 is 0. The predicted molar refractivity (Wildman–Crippen MR) is 149 cm³/mol. The Kier molecular flexibility index (Phi) is 9.79. The van der Waals surface area contributed by atoms with Crippen LogP contribution < -0.4 is 10.6 Å². The molecule has 40 heavy (non-hydrogen) atoms. The van der Waals surface area contributed by atoms with E-state index in [4.69, 9.17) is 4.74 Å². The van der Waals surface area contributed by atoms with Gasteiger partial charge in [-0.3, -0.25) is 19.3 Å². The number of carbonyl (C=O) groups is 4. The molecule has 5 atom stereocenters. The Bertz CT molecular complexity index is 1140. The summed E-state index contributed by atoms with van der Waals surface area (Å²) in [5.41, 5.74) is 0.730. The van der Waals surface area contributed by atoms with Crippen LogP contribution in [0.4, 0.5) is 4.79 Å². The molecule has 4 amide bonds. The van der Waals surface area contributed by atoms with E-state index in [0.717, 1.165) is 5.56 Å². The number of amides is 4. The smallest absolute Gasteiger partial charge is 0.408 e. The van der Waals surface area contributed by atoms with E-state index in [1.165, 1.54) is 4.90 Å². The van der Waals surface area contributed by atoms with Gasteiger partial charge in [0.2, 0.25) is 11.8 Å². The van der Waals surface area contributed by atoms with Gasteiger partial charge in [0.25, 0.3) is 5.91 Å². The van der Waals surface area contributed by atoms with Crippen LogP contribution in [0.3, 0.4) is 0 Å². The third kappa shape index (κ3) is 6.91.